The summed E-state index contributed by atoms with van der Waals surface area (Å²) in [5, 5.41) is 4.78. The Labute approximate surface area is 114 Å². The Morgan fingerprint density at radius 3 is 2.67 bits per heavy atom. The molecule has 3 nitrogen and oxygen atoms in total. The molecule has 18 heavy (non-hydrogen) atoms. The van der Waals surface area contributed by atoms with Gasteiger partial charge in [-0.05, 0) is 39.7 Å². The van der Waals surface area contributed by atoms with E-state index >= 15 is 0 Å². The van der Waals surface area contributed by atoms with E-state index in [9.17, 15) is 0 Å². The van der Waals surface area contributed by atoms with E-state index in [4.69, 9.17) is 0 Å². The predicted molar refractivity (Wildman–Crippen MR) is 75.9 cm³/mol. The van der Waals surface area contributed by atoms with Crippen molar-refractivity contribution in [3.63, 3.8) is 0 Å². The topological polar surface area (TPSA) is 28.2 Å². The maximum atomic E-state index is 4.54. The first-order chi connectivity index (χ1) is 8.76. The Hall–Kier alpha value is -0.450. The summed E-state index contributed by atoms with van der Waals surface area (Å²) in [6.45, 7) is 3.22. The molecule has 3 heterocycles. The molecule has 1 aromatic heterocycles. The summed E-state index contributed by atoms with van der Waals surface area (Å²) in [7, 11) is 2.11. The maximum absolute atomic E-state index is 4.54. The number of nitrogens with one attached hydrogen (secondary N) is 1. The van der Waals surface area contributed by atoms with Gasteiger partial charge < -0.3 is 5.32 Å². The van der Waals surface area contributed by atoms with Gasteiger partial charge in [-0.3, -0.25) is 4.90 Å². The van der Waals surface area contributed by atoms with Crippen molar-refractivity contribution < 1.29 is 0 Å². The molecule has 0 spiro atoms. The second kappa shape index (κ2) is 5.27. The lowest BCUT2D eigenvalue weighted by molar-refractivity contribution is 0.0190. The number of piperidine rings is 2. The number of hydrogen-bond donors (Lipinski definition) is 1. The Bertz CT molecular complexity index is 389. The van der Waals surface area contributed by atoms with E-state index in [1.807, 2.05) is 17.5 Å². The molecule has 0 radical (unpaired) electrons. The van der Waals surface area contributed by atoms with Crippen molar-refractivity contribution in [1.29, 1.82) is 0 Å². The van der Waals surface area contributed by atoms with Gasteiger partial charge in [0.2, 0.25) is 0 Å². The van der Waals surface area contributed by atoms with Gasteiger partial charge in [0, 0.05) is 29.2 Å². The summed E-state index contributed by atoms with van der Waals surface area (Å²) in [6.07, 6.45) is 8.81. The number of aromatic nitrogens is 1. The van der Waals surface area contributed by atoms with Crippen molar-refractivity contribution in [3.05, 3.63) is 16.1 Å². The molecular weight excluding hydrogens is 242 g/mol. The van der Waals surface area contributed by atoms with Crippen LogP contribution in [0.3, 0.4) is 0 Å². The third kappa shape index (κ3) is 2.46. The minimum absolute atomic E-state index is 0.731. The van der Waals surface area contributed by atoms with Gasteiger partial charge in [-0.25, -0.2) is 4.98 Å². The average molecular weight is 265 g/mol. The van der Waals surface area contributed by atoms with Gasteiger partial charge in [0.1, 0.15) is 5.01 Å². The smallest absolute Gasteiger partial charge is 0.107 e. The van der Waals surface area contributed by atoms with Crippen LogP contribution >= 0.6 is 11.3 Å². The van der Waals surface area contributed by atoms with Crippen molar-refractivity contribution >= 4 is 11.3 Å². The van der Waals surface area contributed by atoms with Crippen LogP contribution in [0.4, 0.5) is 0 Å². The maximum Gasteiger partial charge on any atom is 0.107 e. The van der Waals surface area contributed by atoms with E-state index in [-0.39, 0.29) is 0 Å². The minimum Gasteiger partial charge on any atom is -0.317 e. The van der Waals surface area contributed by atoms with Crippen LogP contribution in [0.25, 0.3) is 0 Å². The minimum atomic E-state index is 0.731. The van der Waals surface area contributed by atoms with Gasteiger partial charge in [0.05, 0.1) is 6.54 Å². The van der Waals surface area contributed by atoms with Gasteiger partial charge in [0.15, 0.2) is 0 Å². The molecule has 3 rings (SSSR count). The summed E-state index contributed by atoms with van der Waals surface area (Å²) < 4.78 is 0. The first kappa shape index (κ1) is 12.6. The fourth-order valence-electron chi connectivity index (χ4n) is 3.60. The Kier molecular flexibility index (Phi) is 3.68. The van der Waals surface area contributed by atoms with Gasteiger partial charge in [-0.15, -0.1) is 11.3 Å². The third-order valence-corrected chi connectivity index (χ3v) is 5.42. The molecule has 4 heteroatoms. The number of aryl methyl sites for hydroxylation is 1. The standard InChI is InChI=1S/C14H23N3S/c1-10-8-16-14(18-10)9-17-12-4-3-5-13(17)7-11(6-12)15-2/h8,11-13,15H,3-7,9H2,1-2H3. The number of hydrogen-bond acceptors (Lipinski definition) is 4. The Morgan fingerprint density at radius 1 is 1.39 bits per heavy atom. The molecule has 2 saturated heterocycles. The van der Waals surface area contributed by atoms with Gasteiger partial charge in [0.25, 0.3) is 0 Å². The molecule has 2 fully saturated rings. The van der Waals surface area contributed by atoms with Crippen molar-refractivity contribution in [2.24, 2.45) is 0 Å². The highest BCUT2D eigenvalue weighted by Crippen LogP contribution is 2.35. The van der Waals surface area contributed by atoms with E-state index in [2.05, 4.69) is 29.2 Å². The number of fused-ring (bicyclic) bond motifs is 2. The molecule has 0 amide bonds. The molecular formula is C14H23N3S. The molecule has 1 aromatic rings. The van der Waals surface area contributed by atoms with Gasteiger partial charge in [-0.1, -0.05) is 6.42 Å². The van der Waals surface area contributed by atoms with Gasteiger partial charge in [-0.2, -0.15) is 0 Å². The number of rotatable bonds is 3. The molecule has 2 atom stereocenters. The highest BCUT2D eigenvalue weighted by atomic mass is 32.1. The van der Waals surface area contributed by atoms with Crippen molar-refractivity contribution in [2.75, 3.05) is 7.05 Å². The molecule has 2 bridgehead atoms. The summed E-state index contributed by atoms with van der Waals surface area (Å²) in [4.78, 5) is 8.60. The number of thiazole rings is 1. The zero-order chi connectivity index (χ0) is 12.5. The fraction of sp³-hybridized carbons (Fsp3) is 0.786. The first-order valence-corrected chi connectivity index (χ1v) is 7.92. The second-order valence-electron chi connectivity index (χ2n) is 5.73. The normalized spacial score (nSPS) is 32.7. The highest BCUT2D eigenvalue weighted by Gasteiger charge is 2.37. The summed E-state index contributed by atoms with van der Waals surface area (Å²) in [6, 6.07) is 2.29. The van der Waals surface area contributed by atoms with Crippen LogP contribution in [0.2, 0.25) is 0 Å². The van der Waals surface area contributed by atoms with E-state index < -0.39 is 0 Å². The fourth-order valence-corrected chi connectivity index (χ4v) is 4.40. The second-order valence-corrected chi connectivity index (χ2v) is 7.05. The molecule has 0 aliphatic carbocycles. The van der Waals surface area contributed by atoms with Crippen LogP contribution in [0.1, 0.15) is 42.0 Å². The molecule has 2 aliphatic heterocycles. The summed E-state index contributed by atoms with van der Waals surface area (Å²) in [5.41, 5.74) is 0. The number of nitrogens with zero attached hydrogens (tertiary/aromatic N) is 2. The third-order valence-electron chi connectivity index (χ3n) is 4.52. The lowest BCUT2D eigenvalue weighted by Crippen LogP contribution is -2.55. The zero-order valence-electron chi connectivity index (χ0n) is 11.4. The van der Waals surface area contributed by atoms with Crippen molar-refractivity contribution in [2.45, 2.75) is 63.7 Å². The van der Waals surface area contributed by atoms with Crippen LogP contribution in [-0.4, -0.2) is 35.1 Å². The van der Waals surface area contributed by atoms with Crippen molar-refractivity contribution in [1.82, 2.24) is 15.2 Å². The molecule has 2 unspecified atom stereocenters. The van der Waals surface area contributed by atoms with Crippen LogP contribution < -0.4 is 5.32 Å². The average Bonchev–Trinajstić information content (AvgIpc) is 2.74. The van der Waals surface area contributed by atoms with Crippen LogP contribution in [0.5, 0.6) is 0 Å². The van der Waals surface area contributed by atoms with Gasteiger partial charge >= 0.3 is 0 Å². The van der Waals surface area contributed by atoms with E-state index in [1.54, 1.807) is 0 Å². The van der Waals surface area contributed by atoms with Crippen molar-refractivity contribution in [3.8, 4) is 0 Å². The predicted octanol–water partition coefficient (Wildman–Crippen LogP) is 2.56. The quantitative estimate of drug-likeness (QED) is 0.910. The van der Waals surface area contributed by atoms with E-state index in [0.717, 1.165) is 24.7 Å². The Morgan fingerprint density at radius 2 is 2.11 bits per heavy atom. The van der Waals surface area contributed by atoms with E-state index in [0.29, 0.717) is 0 Å². The molecule has 2 aliphatic rings. The molecule has 100 valence electrons. The van der Waals surface area contributed by atoms with Crippen LogP contribution in [0.15, 0.2) is 6.20 Å². The van der Waals surface area contributed by atoms with Crippen LogP contribution in [-0.2, 0) is 6.54 Å². The highest BCUT2D eigenvalue weighted by molar-refractivity contribution is 7.11. The SMILES string of the molecule is CNC1CC2CCCC(C1)N2Cc1ncc(C)s1. The Balaban J connectivity index is 1.71. The first-order valence-electron chi connectivity index (χ1n) is 7.10. The largest absolute Gasteiger partial charge is 0.317 e. The lowest BCUT2D eigenvalue weighted by Gasteiger charge is -2.48. The summed E-state index contributed by atoms with van der Waals surface area (Å²) >= 11 is 1.86. The lowest BCUT2D eigenvalue weighted by atomic mass is 9.82. The van der Waals surface area contributed by atoms with Crippen LogP contribution in [0, 0.1) is 6.92 Å². The summed E-state index contributed by atoms with van der Waals surface area (Å²) in [5.74, 6) is 0. The monoisotopic (exact) mass is 265 g/mol. The molecule has 0 aromatic carbocycles. The zero-order valence-corrected chi connectivity index (χ0v) is 12.2. The molecule has 0 saturated carbocycles. The molecule has 1 N–H and O–H groups in total. The van der Waals surface area contributed by atoms with E-state index in [1.165, 1.54) is 42.0 Å².